The predicted octanol–water partition coefficient (Wildman–Crippen LogP) is 1.14. The van der Waals surface area contributed by atoms with Gasteiger partial charge in [0.25, 0.3) is 0 Å². The molecule has 0 radical (unpaired) electrons. The molecular weight excluding hydrogens is 308 g/mol. The van der Waals surface area contributed by atoms with Gasteiger partial charge in [0.05, 0.1) is 19.3 Å². The lowest BCUT2D eigenvalue weighted by Gasteiger charge is -2.13. The number of aromatic nitrogens is 2. The van der Waals surface area contributed by atoms with E-state index in [9.17, 15) is 8.78 Å². The first kappa shape index (κ1) is 17.6. The zero-order chi connectivity index (χ0) is 16.5. The molecule has 0 spiro atoms. The summed E-state index contributed by atoms with van der Waals surface area (Å²) in [5.74, 6) is 0.797. The van der Waals surface area contributed by atoms with Crippen LogP contribution in [0, 0.1) is 0 Å². The van der Waals surface area contributed by atoms with Gasteiger partial charge in [0.15, 0.2) is 5.96 Å². The van der Waals surface area contributed by atoms with Gasteiger partial charge in [0.1, 0.15) is 5.82 Å². The minimum absolute atomic E-state index is 0.174. The molecule has 0 amide bonds. The van der Waals surface area contributed by atoms with Crippen molar-refractivity contribution in [3.05, 3.63) is 18.2 Å². The third-order valence-corrected chi connectivity index (χ3v) is 3.45. The second-order valence-electron chi connectivity index (χ2n) is 5.09. The van der Waals surface area contributed by atoms with Gasteiger partial charge in [-0.25, -0.2) is 4.98 Å². The Balaban J connectivity index is 1.62. The van der Waals surface area contributed by atoms with Crippen LogP contribution in [0.4, 0.5) is 8.78 Å². The summed E-state index contributed by atoms with van der Waals surface area (Å²) in [7, 11) is 1.63. The van der Waals surface area contributed by atoms with Crippen molar-refractivity contribution < 1.29 is 18.3 Å². The van der Waals surface area contributed by atoms with E-state index in [2.05, 4.69) is 20.6 Å². The SMILES string of the molecule is CN=C(NCCCOC1CCOC1)NCc1nccn1C(F)F. The molecule has 1 atom stereocenters. The van der Waals surface area contributed by atoms with Crippen molar-refractivity contribution in [1.29, 1.82) is 0 Å². The van der Waals surface area contributed by atoms with Crippen molar-refractivity contribution in [2.24, 2.45) is 4.99 Å². The first-order chi connectivity index (χ1) is 11.2. The molecule has 1 aromatic rings. The maximum Gasteiger partial charge on any atom is 0.319 e. The molecule has 7 nitrogen and oxygen atoms in total. The Bertz CT molecular complexity index is 489. The number of hydrogen-bond donors (Lipinski definition) is 2. The van der Waals surface area contributed by atoms with Crippen LogP contribution in [0.15, 0.2) is 17.4 Å². The third-order valence-electron chi connectivity index (χ3n) is 3.45. The highest BCUT2D eigenvalue weighted by Crippen LogP contribution is 2.11. The Hall–Kier alpha value is -1.74. The van der Waals surface area contributed by atoms with E-state index in [0.717, 1.165) is 24.0 Å². The Kier molecular flexibility index (Phi) is 7.21. The van der Waals surface area contributed by atoms with Crippen LogP contribution in [0.5, 0.6) is 0 Å². The zero-order valence-corrected chi connectivity index (χ0v) is 13.2. The molecular formula is C14H23F2N5O2. The minimum atomic E-state index is -2.60. The van der Waals surface area contributed by atoms with Crippen LogP contribution in [0.3, 0.4) is 0 Å². The van der Waals surface area contributed by atoms with Gasteiger partial charge in [-0.3, -0.25) is 9.56 Å². The normalized spacial score (nSPS) is 18.6. The van der Waals surface area contributed by atoms with E-state index in [1.165, 1.54) is 12.4 Å². The molecule has 130 valence electrons. The first-order valence-corrected chi connectivity index (χ1v) is 7.64. The molecule has 2 heterocycles. The molecule has 23 heavy (non-hydrogen) atoms. The highest BCUT2D eigenvalue weighted by Gasteiger charge is 2.15. The van der Waals surface area contributed by atoms with E-state index in [1.54, 1.807) is 7.05 Å². The van der Waals surface area contributed by atoms with Crippen molar-refractivity contribution in [1.82, 2.24) is 20.2 Å². The second kappa shape index (κ2) is 9.41. The number of rotatable bonds is 8. The molecule has 1 unspecified atom stereocenters. The molecule has 1 fully saturated rings. The van der Waals surface area contributed by atoms with Crippen LogP contribution < -0.4 is 10.6 Å². The predicted molar refractivity (Wildman–Crippen MR) is 81.5 cm³/mol. The molecule has 1 aliphatic rings. The fourth-order valence-electron chi connectivity index (χ4n) is 2.22. The summed E-state index contributed by atoms with van der Waals surface area (Å²) >= 11 is 0. The average Bonchev–Trinajstić information content (AvgIpc) is 3.21. The van der Waals surface area contributed by atoms with E-state index < -0.39 is 6.55 Å². The third kappa shape index (κ3) is 5.76. The number of nitrogens with one attached hydrogen (secondary N) is 2. The summed E-state index contributed by atoms with van der Waals surface area (Å²) in [6.07, 6.45) is 4.59. The molecule has 2 rings (SSSR count). The van der Waals surface area contributed by atoms with E-state index in [-0.39, 0.29) is 18.5 Å². The number of aliphatic imine (C=N–C) groups is 1. The van der Waals surface area contributed by atoms with Crippen LogP contribution in [0.2, 0.25) is 0 Å². The van der Waals surface area contributed by atoms with Crippen molar-refractivity contribution in [2.75, 3.05) is 33.4 Å². The summed E-state index contributed by atoms with van der Waals surface area (Å²) in [4.78, 5) is 7.95. The van der Waals surface area contributed by atoms with Gasteiger partial charge in [-0.15, -0.1) is 0 Å². The molecule has 1 aromatic heterocycles. The molecule has 0 bridgehead atoms. The molecule has 1 saturated heterocycles. The molecule has 0 aromatic carbocycles. The highest BCUT2D eigenvalue weighted by atomic mass is 19.3. The van der Waals surface area contributed by atoms with E-state index in [4.69, 9.17) is 9.47 Å². The Morgan fingerprint density at radius 2 is 2.43 bits per heavy atom. The Morgan fingerprint density at radius 1 is 1.57 bits per heavy atom. The van der Waals surface area contributed by atoms with Gasteiger partial charge in [-0.05, 0) is 12.8 Å². The topological polar surface area (TPSA) is 72.7 Å². The monoisotopic (exact) mass is 331 g/mol. The Labute approximate surface area is 134 Å². The van der Waals surface area contributed by atoms with Crippen LogP contribution >= 0.6 is 0 Å². The molecule has 1 aliphatic heterocycles. The maximum absolute atomic E-state index is 12.7. The number of ether oxygens (including phenoxy) is 2. The maximum atomic E-state index is 12.7. The lowest BCUT2D eigenvalue weighted by molar-refractivity contribution is 0.0420. The summed E-state index contributed by atoms with van der Waals surface area (Å²) in [5, 5.41) is 6.07. The van der Waals surface area contributed by atoms with Crippen LogP contribution in [-0.2, 0) is 16.0 Å². The lowest BCUT2D eigenvalue weighted by Crippen LogP contribution is -2.38. The number of alkyl halides is 2. The van der Waals surface area contributed by atoms with Crippen LogP contribution in [0.1, 0.15) is 25.2 Å². The van der Waals surface area contributed by atoms with Gasteiger partial charge >= 0.3 is 6.55 Å². The molecule has 0 aliphatic carbocycles. The average molecular weight is 331 g/mol. The molecule has 0 saturated carbocycles. The van der Waals surface area contributed by atoms with E-state index >= 15 is 0 Å². The van der Waals surface area contributed by atoms with Crippen LogP contribution in [-0.4, -0.2) is 55.0 Å². The highest BCUT2D eigenvalue weighted by molar-refractivity contribution is 5.79. The molecule has 9 heteroatoms. The summed E-state index contributed by atoms with van der Waals surface area (Å²) in [6.45, 7) is 0.347. The number of imidazole rings is 1. The van der Waals surface area contributed by atoms with Crippen LogP contribution in [0.25, 0.3) is 0 Å². The number of hydrogen-bond acceptors (Lipinski definition) is 4. The number of guanidine groups is 1. The Morgan fingerprint density at radius 3 is 3.13 bits per heavy atom. The van der Waals surface area contributed by atoms with Gasteiger partial charge in [0.2, 0.25) is 0 Å². The van der Waals surface area contributed by atoms with Gasteiger partial charge in [0, 0.05) is 39.2 Å². The van der Waals surface area contributed by atoms with Gasteiger partial charge < -0.3 is 20.1 Å². The van der Waals surface area contributed by atoms with E-state index in [1.807, 2.05) is 0 Å². The summed E-state index contributed by atoms with van der Waals surface area (Å²) in [5.41, 5.74) is 0. The van der Waals surface area contributed by atoms with Crippen molar-refractivity contribution in [3.8, 4) is 0 Å². The van der Waals surface area contributed by atoms with Gasteiger partial charge in [-0.1, -0.05) is 0 Å². The standard InChI is InChI=1S/C14H23F2N5O2/c1-17-14(19-4-2-7-23-11-3-8-22-10-11)20-9-12-18-5-6-21(12)13(15)16/h5-6,11,13H,2-4,7-10H2,1H3,(H2,17,19,20). The smallest absolute Gasteiger partial charge is 0.319 e. The minimum Gasteiger partial charge on any atom is -0.379 e. The quantitative estimate of drug-likeness (QED) is 0.425. The first-order valence-electron chi connectivity index (χ1n) is 7.64. The lowest BCUT2D eigenvalue weighted by atomic mass is 10.3. The fraction of sp³-hybridized carbons (Fsp3) is 0.714. The largest absolute Gasteiger partial charge is 0.379 e. The second-order valence-corrected chi connectivity index (χ2v) is 5.09. The summed E-state index contributed by atoms with van der Waals surface area (Å²) in [6, 6.07) is 0. The number of halogens is 2. The zero-order valence-electron chi connectivity index (χ0n) is 13.2. The van der Waals surface area contributed by atoms with E-state index in [0.29, 0.717) is 25.7 Å². The fourth-order valence-corrected chi connectivity index (χ4v) is 2.22. The van der Waals surface area contributed by atoms with Gasteiger partial charge in [-0.2, -0.15) is 8.78 Å². The van der Waals surface area contributed by atoms with Crippen molar-refractivity contribution in [3.63, 3.8) is 0 Å². The van der Waals surface area contributed by atoms with Crippen molar-refractivity contribution >= 4 is 5.96 Å². The summed E-state index contributed by atoms with van der Waals surface area (Å²) < 4.78 is 37.1. The number of nitrogens with zero attached hydrogens (tertiary/aromatic N) is 3. The van der Waals surface area contributed by atoms with Crippen molar-refractivity contribution in [2.45, 2.75) is 32.0 Å². The molecule has 2 N–H and O–H groups in total.